The summed E-state index contributed by atoms with van der Waals surface area (Å²) in [6, 6.07) is 1.35. The lowest BCUT2D eigenvalue weighted by Gasteiger charge is -2.24. The minimum atomic E-state index is -4.21. The highest BCUT2D eigenvalue weighted by molar-refractivity contribution is 4.91. The van der Waals surface area contributed by atoms with Crippen molar-refractivity contribution in [2.45, 2.75) is 25.6 Å². The zero-order valence-corrected chi connectivity index (χ0v) is 8.93. The summed E-state index contributed by atoms with van der Waals surface area (Å²) in [5.41, 5.74) is 0. The van der Waals surface area contributed by atoms with Crippen LogP contribution in [-0.2, 0) is 0 Å². The van der Waals surface area contributed by atoms with Crippen LogP contribution in [0.1, 0.15) is 13.3 Å². The minimum absolute atomic E-state index is 0.0976. The number of nitrogens with one attached hydrogen (secondary N) is 1. The Bertz CT molecular complexity index is 210. The smallest absolute Gasteiger partial charge is 0.304 e. The lowest BCUT2D eigenvalue weighted by molar-refractivity contribution is -0.146. The van der Waals surface area contributed by atoms with Crippen molar-refractivity contribution in [2.24, 2.45) is 0 Å². The van der Waals surface area contributed by atoms with E-state index in [9.17, 15) is 13.2 Å². The largest absolute Gasteiger partial charge is 0.401 e. The Hall–Kier alpha value is -0.800. The van der Waals surface area contributed by atoms with E-state index in [-0.39, 0.29) is 6.54 Å². The van der Waals surface area contributed by atoms with Gasteiger partial charge in [0.2, 0.25) is 0 Å². The molecule has 0 amide bonds. The van der Waals surface area contributed by atoms with Gasteiger partial charge >= 0.3 is 6.18 Å². The van der Waals surface area contributed by atoms with Crippen molar-refractivity contribution in [3.8, 4) is 6.07 Å². The van der Waals surface area contributed by atoms with Gasteiger partial charge in [0.15, 0.2) is 0 Å². The Balaban J connectivity index is 4.21. The molecule has 15 heavy (non-hydrogen) atoms. The Morgan fingerprint density at radius 1 is 1.47 bits per heavy atom. The summed E-state index contributed by atoms with van der Waals surface area (Å²) < 4.78 is 36.4. The second-order valence-corrected chi connectivity index (χ2v) is 3.32. The molecule has 0 spiro atoms. The van der Waals surface area contributed by atoms with Crippen LogP contribution >= 0.6 is 0 Å². The first-order valence-electron chi connectivity index (χ1n) is 4.79. The average molecular weight is 223 g/mol. The molecule has 0 rings (SSSR count). The fraction of sp³-hybridized carbons (Fsp3) is 0.889. The van der Waals surface area contributed by atoms with Crippen LogP contribution in [0.5, 0.6) is 0 Å². The third-order valence-electron chi connectivity index (χ3n) is 1.89. The highest BCUT2D eigenvalue weighted by Gasteiger charge is 2.31. The molecule has 0 aliphatic heterocycles. The first-order valence-corrected chi connectivity index (χ1v) is 4.79. The normalized spacial score (nSPS) is 13.9. The molecule has 3 nitrogen and oxygen atoms in total. The van der Waals surface area contributed by atoms with Crippen LogP contribution in [0.4, 0.5) is 13.2 Å². The molecule has 0 aromatic carbocycles. The topological polar surface area (TPSA) is 39.1 Å². The zero-order valence-electron chi connectivity index (χ0n) is 8.93. The van der Waals surface area contributed by atoms with E-state index in [0.29, 0.717) is 13.0 Å². The van der Waals surface area contributed by atoms with Crippen LogP contribution in [-0.4, -0.2) is 43.8 Å². The number of hydrogen-bond donors (Lipinski definition) is 1. The molecule has 0 aliphatic rings. The van der Waals surface area contributed by atoms with E-state index in [1.807, 2.05) is 13.0 Å². The molecule has 1 unspecified atom stereocenters. The van der Waals surface area contributed by atoms with Gasteiger partial charge in [-0.3, -0.25) is 4.90 Å². The van der Waals surface area contributed by atoms with Gasteiger partial charge in [0.05, 0.1) is 12.6 Å². The highest BCUT2D eigenvalue weighted by atomic mass is 19.4. The molecule has 88 valence electrons. The summed E-state index contributed by atoms with van der Waals surface area (Å²) in [7, 11) is 1.56. The molecular formula is C9H16F3N3. The van der Waals surface area contributed by atoms with Crippen LogP contribution in [0.15, 0.2) is 0 Å². The van der Waals surface area contributed by atoms with E-state index in [4.69, 9.17) is 5.26 Å². The van der Waals surface area contributed by atoms with Gasteiger partial charge in [-0.05, 0) is 20.0 Å². The highest BCUT2D eigenvalue weighted by Crippen LogP contribution is 2.16. The maximum atomic E-state index is 12.1. The lowest BCUT2D eigenvalue weighted by atomic mass is 10.3. The molecule has 0 heterocycles. The van der Waals surface area contributed by atoms with Crippen molar-refractivity contribution >= 4 is 0 Å². The molecule has 1 atom stereocenters. The molecule has 6 heteroatoms. The Morgan fingerprint density at radius 2 is 2.07 bits per heavy atom. The van der Waals surface area contributed by atoms with Crippen molar-refractivity contribution in [2.75, 3.05) is 26.7 Å². The average Bonchev–Trinajstić information content (AvgIpc) is 2.11. The number of alkyl halides is 3. The van der Waals surface area contributed by atoms with E-state index in [1.165, 1.54) is 4.90 Å². The fourth-order valence-electron chi connectivity index (χ4n) is 1.26. The standard InChI is InChI=1S/C9H16F3N3/c1-3-4-15(7-9(10,11)12)6-8(5-13)14-2/h8,14H,3-4,6-7H2,1-2H3. The fourth-order valence-corrected chi connectivity index (χ4v) is 1.26. The predicted molar refractivity (Wildman–Crippen MR) is 51.2 cm³/mol. The van der Waals surface area contributed by atoms with Crippen molar-refractivity contribution in [3.05, 3.63) is 0 Å². The summed E-state index contributed by atoms with van der Waals surface area (Å²) in [5.74, 6) is 0. The Kier molecular flexibility index (Phi) is 6.29. The van der Waals surface area contributed by atoms with Crippen molar-refractivity contribution in [1.29, 1.82) is 5.26 Å². The third-order valence-corrected chi connectivity index (χ3v) is 1.89. The summed E-state index contributed by atoms with van der Waals surface area (Å²) in [6.07, 6.45) is -3.57. The number of halogens is 3. The molecule has 0 aliphatic carbocycles. The number of nitriles is 1. The van der Waals surface area contributed by atoms with Gasteiger partial charge in [-0.15, -0.1) is 0 Å². The molecule has 0 fully saturated rings. The van der Waals surface area contributed by atoms with E-state index >= 15 is 0 Å². The maximum Gasteiger partial charge on any atom is 0.401 e. The van der Waals surface area contributed by atoms with Crippen LogP contribution in [0, 0.1) is 11.3 Å². The summed E-state index contributed by atoms with van der Waals surface area (Å²) in [6.45, 7) is 1.30. The third kappa shape index (κ3) is 7.17. The number of likely N-dealkylation sites (N-methyl/N-ethyl adjacent to an activating group) is 1. The first kappa shape index (κ1) is 14.2. The number of rotatable bonds is 6. The number of nitrogens with zero attached hydrogens (tertiary/aromatic N) is 2. The quantitative estimate of drug-likeness (QED) is 0.739. The van der Waals surface area contributed by atoms with Crippen molar-refractivity contribution in [3.63, 3.8) is 0 Å². The lowest BCUT2D eigenvalue weighted by Crippen LogP contribution is -2.43. The van der Waals surface area contributed by atoms with Crippen LogP contribution in [0.3, 0.4) is 0 Å². The molecule has 0 radical (unpaired) electrons. The Morgan fingerprint density at radius 3 is 2.40 bits per heavy atom. The summed E-state index contributed by atoms with van der Waals surface area (Å²) in [5, 5.41) is 11.3. The van der Waals surface area contributed by atoms with E-state index < -0.39 is 18.8 Å². The van der Waals surface area contributed by atoms with Crippen molar-refractivity contribution in [1.82, 2.24) is 10.2 Å². The van der Waals surface area contributed by atoms with E-state index in [0.717, 1.165) is 0 Å². The monoisotopic (exact) mass is 223 g/mol. The second kappa shape index (κ2) is 6.64. The zero-order chi connectivity index (χ0) is 11.9. The minimum Gasteiger partial charge on any atom is -0.304 e. The SMILES string of the molecule is CCCN(CC(C#N)NC)CC(F)(F)F. The molecule has 0 aromatic heterocycles. The van der Waals surface area contributed by atoms with Crippen molar-refractivity contribution < 1.29 is 13.2 Å². The van der Waals surface area contributed by atoms with E-state index in [1.54, 1.807) is 7.05 Å². The van der Waals surface area contributed by atoms with Gasteiger partial charge in [0, 0.05) is 6.54 Å². The molecule has 0 saturated heterocycles. The first-order chi connectivity index (χ1) is 6.92. The maximum absolute atomic E-state index is 12.1. The molecule has 1 N–H and O–H groups in total. The van der Waals surface area contributed by atoms with Gasteiger partial charge in [-0.2, -0.15) is 18.4 Å². The summed E-state index contributed by atoms with van der Waals surface area (Å²) in [4.78, 5) is 1.24. The van der Waals surface area contributed by atoms with Gasteiger partial charge in [-0.25, -0.2) is 0 Å². The van der Waals surface area contributed by atoms with Gasteiger partial charge < -0.3 is 5.32 Å². The van der Waals surface area contributed by atoms with Crippen LogP contribution < -0.4 is 5.32 Å². The van der Waals surface area contributed by atoms with Crippen LogP contribution in [0.2, 0.25) is 0 Å². The Labute approximate surface area is 87.9 Å². The molecule has 0 bridgehead atoms. The molecule has 0 aromatic rings. The van der Waals surface area contributed by atoms with Gasteiger partial charge in [0.25, 0.3) is 0 Å². The van der Waals surface area contributed by atoms with E-state index in [2.05, 4.69) is 5.32 Å². The molecular weight excluding hydrogens is 207 g/mol. The van der Waals surface area contributed by atoms with Gasteiger partial charge in [-0.1, -0.05) is 6.92 Å². The molecule has 0 saturated carbocycles. The predicted octanol–water partition coefficient (Wildman–Crippen LogP) is 1.37. The van der Waals surface area contributed by atoms with Gasteiger partial charge in [0.1, 0.15) is 6.04 Å². The number of hydrogen-bond acceptors (Lipinski definition) is 3. The summed E-state index contributed by atoms with van der Waals surface area (Å²) >= 11 is 0. The van der Waals surface area contributed by atoms with Crippen LogP contribution in [0.25, 0.3) is 0 Å². The second-order valence-electron chi connectivity index (χ2n) is 3.32.